The number of hydrogen-bond acceptors (Lipinski definition) is 8. The van der Waals surface area contributed by atoms with Gasteiger partial charge in [0, 0.05) is 45.3 Å². The van der Waals surface area contributed by atoms with Crippen LogP contribution in [0.25, 0.3) is 0 Å². The summed E-state index contributed by atoms with van der Waals surface area (Å²) in [6.45, 7) is 6.97. The molecule has 1 saturated heterocycles. The van der Waals surface area contributed by atoms with Gasteiger partial charge < -0.3 is 40.5 Å². The Bertz CT molecular complexity index is 1680. The quantitative estimate of drug-likeness (QED) is 0.252. The maximum Gasteiger partial charge on any atom is 0.245 e. The van der Waals surface area contributed by atoms with Crippen LogP contribution in [0.15, 0.2) is 48.5 Å². The fourth-order valence-electron chi connectivity index (χ4n) is 7.12. The third-order valence-corrected chi connectivity index (χ3v) is 10.4. The molecule has 4 atom stereocenters. The first-order valence-corrected chi connectivity index (χ1v) is 20.0. The van der Waals surface area contributed by atoms with E-state index in [0.717, 1.165) is 36.8 Å². The Balaban J connectivity index is 1.43. The van der Waals surface area contributed by atoms with Crippen LogP contribution in [-0.4, -0.2) is 109 Å². The first-order chi connectivity index (χ1) is 26.9. The van der Waals surface area contributed by atoms with E-state index in [-0.39, 0.29) is 68.7 Å². The molecule has 6 amide bonds. The van der Waals surface area contributed by atoms with Gasteiger partial charge in [0.1, 0.15) is 36.2 Å². The van der Waals surface area contributed by atoms with Crippen LogP contribution in [0.2, 0.25) is 0 Å². The molecule has 2 bridgehead atoms. The molecule has 2 aromatic carbocycles. The number of methoxy groups -OCH3 is 1. The predicted octanol–water partition coefficient (Wildman–Crippen LogP) is 2.52. The van der Waals surface area contributed by atoms with Gasteiger partial charge in [0.15, 0.2) is 0 Å². The molecule has 4 aliphatic rings. The molecule has 1 saturated carbocycles. The van der Waals surface area contributed by atoms with E-state index in [2.05, 4.69) is 35.1 Å². The summed E-state index contributed by atoms with van der Waals surface area (Å²) in [5.74, 6) is -0.535. The maximum absolute atomic E-state index is 14.2. The van der Waals surface area contributed by atoms with Crippen molar-refractivity contribution in [3.63, 3.8) is 0 Å². The molecular weight excluding hydrogens is 716 g/mol. The predicted molar refractivity (Wildman–Crippen MR) is 210 cm³/mol. The van der Waals surface area contributed by atoms with E-state index in [4.69, 9.17) is 9.47 Å². The van der Waals surface area contributed by atoms with Gasteiger partial charge >= 0.3 is 0 Å². The highest BCUT2D eigenvalue weighted by Gasteiger charge is 2.34. The fourth-order valence-corrected chi connectivity index (χ4v) is 7.12. The number of nitrogens with one attached hydrogen (secondary N) is 4. The number of piperidine rings is 1. The Kier molecular flexibility index (Phi) is 15.1. The summed E-state index contributed by atoms with van der Waals surface area (Å²) in [7, 11) is 1.55. The lowest BCUT2D eigenvalue weighted by molar-refractivity contribution is -0.140. The molecule has 56 heavy (non-hydrogen) atoms. The molecule has 6 rings (SSSR count). The van der Waals surface area contributed by atoms with Gasteiger partial charge in [-0.3, -0.25) is 28.8 Å². The molecule has 2 fully saturated rings. The lowest BCUT2D eigenvalue weighted by atomic mass is 10.0. The molecule has 4 N–H and O–H groups in total. The second kappa shape index (κ2) is 20.1. The van der Waals surface area contributed by atoms with E-state index in [1.54, 1.807) is 55.3 Å². The van der Waals surface area contributed by atoms with E-state index in [9.17, 15) is 28.8 Å². The Morgan fingerprint density at radius 3 is 2.32 bits per heavy atom. The van der Waals surface area contributed by atoms with Gasteiger partial charge in [-0.15, -0.1) is 0 Å². The number of amides is 6. The third kappa shape index (κ3) is 13.0. The highest BCUT2D eigenvalue weighted by molar-refractivity contribution is 5.95. The zero-order chi connectivity index (χ0) is 40.2. The van der Waals surface area contributed by atoms with Gasteiger partial charge in [-0.1, -0.05) is 38.1 Å². The summed E-state index contributed by atoms with van der Waals surface area (Å²) in [6, 6.07) is 10.7. The number of ether oxygens (including phenoxy) is 2. The molecule has 0 unspecified atom stereocenters. The molecule has 0 aromatic heterocycles. The second-order valence-electron chi connectivity index (χ2n) is 15.8. The van der Waals surface area contributed by atoms with Gasteiger partial charge in [0.05, 0.1) is 19.7 Å². The molecule has 304 valence electrons. The molecule has 0 spiro atoms. The van der Waals surface area contributed by atoms with Crippen molar-refractivity contribution in [2.45, 2.75) is 103 Å². The Morgan fingerprint density at radius 1 is 0.929 bits per heavy atom. The van der Waals surface area contributed by atoms with Crippen molar-refractivity contribution >= 4 is 35.4 Å². The number of carbonyl (C=O) groups excluding carboxylic acids is 6. The van der Waals surface area contributed by atoms with Crippen molar-refractivity contribution in [3.05, 3.63) is 59.7 Å². The molecular formula is C42H58N6O8. The first kappa shape index (κ1) is 42.0. The van der Waals surface area contributed by atoms with Crippen LogP contribution in [0.1, 0.15) is 76.8 Å². The summed E-state index contributed by atoms with van der Waals surface area (Å²) >= 11 is 0. The molecule has 1 aliphatic carbocycles. The van der Waals surface area contributed by atoms with Crippen molar-refractivity contribution in [3.8, 4) is 11.5 Å². The number of rotatable bonds is 11. The molecule has 2 aromatic rings. The minimum Gasteiger partial charge on any atom is -0.497 e. The normalized spacial score (nSPS) is 23.2. The van der Waals surface area contributed by atoms with Crippen LogP contribution in [0.3, 0.4) is 0 Å². The van der Waals surface area contributed by atoms with Crippen LogP contribution in [0.4, 0.5) is 0 Å². The Hall–Kier alpha value is -5.14. The highest BCUT2D eigenvalue weighted by atomic mass is 16.5. The fraction of sp³-hybridized carbons (Fsp3) is 0.571. The first-order valence-electron chi connectivity index (χ1n) is 20.0. The van der Waals surface area contributed by atoms with Crippen LogP contribution >= 0.6 is 0 Å². The number of benzene rings is 2. The lowest BCUT2D eigenvalue weighted by Gasteiger charge is -2.29. The van der Waals surface area contributed by atoms with E-state index in [1.807, 2.05) is 12.1 Å². The number of fused-ring (bicyclic) bond motifs is 17. The van der Waals surface area contributed by atoms with Crippen LogP contribution in [0, 0.1) is 11.8 Å². The summed E-state index contributed by atoms with van der Waals surface area (Å²) in [4.78, 5) is 84.5. The topological polar surface area (TPSA) is 175 Å². The number of likely N-dealkylation sites (tertiary alicyclic amines) is 1. The van der Waals surface area contributed by atoms with Crippen LogP contribution < -0.4 is 30.7 Å². The SMILES string of the molecule is COc1ccc(C[C@@H]2NC(=O)[C@@H](NC(=O)CCN3CCCCC3=O)Cc3ccc(cc3)OC[C@H](CC(C)C)NC(=O)CN(CC3CC3)C(=O)[C@@H](C)NC2=O)cc1. The smallest absolute Gasteiger partial charge is 0.245 e. The minimum atomic E-state index is -1.13. The standard InChI is InChI=1S/C42H58N6O8/c1-27(2)21-32-26-56-34-16-12-30(13-17-34)22-35(45-37(49)18-20-47-19-6-5-7-39(47)51)41(53)46-36(23-29-10-14-33(55-4)15-11-29)40(52)43-28(3)42(54)48(24-31-8-9-31)25-38(50)44-32/h10-17,27-28,31-32,35-36H,5-9,18-26H2,1-4H3,(H,43,52)(H,44,50)(H,45,49)(H,46,53)/t28-,32+,35+,36+/m1/s1. The van der Waals surface area contributed by atoms with E-state index >= 15 is 0 Å². The summed E-state index contributed by atoms with van der Waals surface area (Å²) < 4.78 is 11.4. The molecule has 3 aliphatic heterocycles. The van der Waals surface area contributed by atoms with Gasteiger partial charge in [0.2, 0.25) is 35.4 Å². The molecule has 14 heteroatoms. The summed E-state index contributed by atoms with van der Waals surface area (Å²) in [5, 5.41) is 11.6. The number of carbonyl (C=O) groups is 6. The van der Waals surface area contributed by atoms with Gasteiger partial charge in [-0.2, -0.15) is 0 Å². The van der Waals surface area contributed by atoms with Gasteiger partial charge in [-0.25, -0.2) is 0 Å². The van der Waals surface area contributed by atoms with E-state index in [0.29, 0.717) is 37.4 Å². The lowest BCUT2D eigenvalue weighted by Crippen LogP contribution is -2.58. The van der Waals surface area contributed by atoms with Crippen LogP contribution in [-0.2, 0) is 41.6 Å². The van der Waals surface area contributed by atoms with Crippen molar-refractivity contribution in [1.29, 1.82) is 0 Å². The zero-order valence-corrected chi connectivity index (χ0v) is 33.1. The molecule has 0 radical (unpaired) electrons. The molecule has 14 nitrogen and oxygen atoms in total. The van der Waals surface area contributed by atoms with Crippen molar-refractivity contribution in [1.82, 2.24) is 31.1 Å². The number of nitrogens with zero attached hydrogens (tertiary/aromatic N) is 2. The van der Waals surface area contributed by atoms with Crippen molar-refractivity contribution in [2.75, 3.05) is 39.9 Å². The largest absolute Gasteiger partial charge is 0.497 e. The monoisotopic (exact) mass is 774 g/mol. The number of hydrogen-bond donors (Lipinski definition) is 4. The third-order valence-electron chi connectivity index (χ3n) is 10.4. The van der Waals surface area contributed by atoms with E-state index < -0.39 is 41.8 Å². The van der Waals surface area contributed by atoms with Crippen LogP contribution in [0.5, 0.6) is 11.5 Å². The molecule has 3 heterocycles. The minimum absolute atomic E-state index is 0.0142. The summed E-state index contributed by atoms with van der Waals surface area (Å²) in [6.07, 6.45) is 4.95. The van der Waals surface area contributed by atoms with Gasteiger partial charge in [0.25, 0.3) is 0 Å². The summed E-state index contributed by atoms with van der Waals surface area (Å²) in [5.41, 5.74) is 1.46. The van der Waals surface area contributed by atoms with Crippen molar-refractivity contribution in [2.24, 2.45) is 11.8 Å². The average Bonchev–Trinajstić information content (AvgIpc) is 4.00. The van der Waals surface area contributed by atoms with Crippen molar-refractivity contribution < 1.29 is 38.2 Å². The highest BCUT2D eigenvalue weighted by Crippen LogP contribution is 2.30. The maximum atomic E-state index is 14.2. The van der Waals surface area contributed by atoms with Gasteiger partial charge in [-0.05, 0) is 86.3 Å². The van der Waals surface area contributed by atoms with E-state index in [1.165, 1.54) is 4.90 Å². The zero-order valence-electron chi connectivity index (χ0n) is 33.1. The average molecular weight is 775 g/mol. The Morgan fingerprint density at radius 2 is 1.66 bits per heavy atom. The Labute approximate surface area is 329 Å². The second-order valence-corrected chi connectivity index (χ2v) is 15.8.